The molecule has 0 radical (unpaired) electrons. The van der Waals surface area contributed by atoms with Gasteiger partial charge >= 0.3 is 0 Å². The van der Waals surface area contributed by atoms with Crippen LogP contribution in [0.3, 0.4) is 0 Å². The Kier molecular flexibility index (Phi) is 1.78. The smallest absolute Gasteiger partial charge is 0.120 e. The van der Waals surface area contributed by atoms with E-state index >= 15 is 0 Å². The molecule has 0 N–H and O–H groups in total. The molecule has 1 rings (SSSR count). The largest absolute Gasteiger partial charge is 0.265 e. The molecule has 1 aliphatic rings. The Balaban J connectivity index is 2.59. The highest BCUT2D eigenvalue weighted by molar-refractivity contribution is 9.09. The van der Waals surface area contributed by atoms with Crippen LogP contribution in [-0.4, -0.2) is 11.0 Å². The first-order valence-electron chi connectivity index (χ1n) is 2.31. The van der Waals surface area contributed by atoms with Crippen LogP contribution >= 0.6 is 15.9 Å². The van der Waals surface area contributed by atoms with Gasteiger partial charge in [0.2, 0.25) is 0 Å². The zero-order chi connectivity index (χ0) is 5.98. The van der Waals surface area contributed by atoms with Gasteiger partial charge in [-0.2, -0.15) is 0 Å². The van der Waals surface area contributed by atoms with Crippen molar-refractivity contribution < 1.29 is 4.39 Å². The molecule has 0 aromatic carbocycles. The first-order chi connectivity index (χ1) is 3.79. The van der Waals surface area contributed by atoms with Crippen molar-refractivity contribution in [1.29, 1.82) is 0 Å². The normalized spacial score (nSPS) is 27.8. The number of nitrogens with zero attached hydrogens (tertiary/aromatic N) is 1. The maximum Gasteiger partial charge on any atom is 0.120 e. The monoisotopic (exact) mass is 177 g/mol. The SMILES string of the molecule is FC1=CN=C[C@H](Br)C1. The first-order valence-corrected chi connectivity index (χ1v) is 3.22. The van der Waals surface area contributed by atoms with Crippen molar-refractivity contribution in [3.05, 3.63) is 12.0 Å². The van der Waals surface area contributed by atoms with Crippen LogP contribution in [0, 0.1) is 0 Å². The summed E-state index contributed by atoms with van der Waals surface area (Å²) in [4.78, 5) is 3.72. The van der Waals surface area contributed by atoms with Crippen LogP contribution in [0.5, 0.6) is 0 Å². The van der Waals surface area contributed by atoms with E-state index in [2.05, 4.69) is 20.9 Å². The van der Waals surface area contributed by atoms with Gasteiger partial charge in [0.05, 0.1) is 11.0 Å². The number of alkyl halides is 1. The fourth-order valence-electron chi connectivity index (χ4n) is 0.509. The van der Waals surface area contributed by atoms with Gasteiger partial charge in [-0.05, 0) is 0 Å². The average Bonchev–Trinajstić information content (AvgIpc) is 1.64. The molecule has 1 atom stereocenters. The molecule has 0 aliphatic carbocycles. The lowest BCUT2D eigenvalue weighted by Gasteiger charge is -2.03. The number of rotatable bonds is 0. The minimum absolute atomic E-state index is 0.0903. The summed E-state index contributed by atoms with van der Waals surface area (Å²) in [5.41, 5.74) is 0. The Labute approximate surface area is 55.4 Å². The summed E-state index contributed by atoms with van der Waals surface area (Å²) in [7, 11) is 0. The van der Waals surface area contributed by atoms with Crippen LogP contribution in [0.4, 0.5) is 4.39 Å². The summed E-state index contributed by atoms with van der Waals surface area (Å²) >= 11 is 3.20. The Hall–Kier alpha value is -0.180. The van der Waals surface area contributed by atoms with E-state index in [9.17, 15) is 4.39 Å². The molecular weight excluding hydrogens is 173 g/mol. The molecule has 1 aliphatic heterocycles. The molecule has 1 heterocycles. The molecule has 0 amide bonds. The number of hydrogen-bond donors (Lipinski definition) is 0. The van der Waals surface area contributed by atoms with Gasteiger partial charge in [-0.25, -0.2) is 4.39 Å². The highest BCUT2D eigenvalue weighted by atomic mass is 79.9. The Morgan fingerprint density at radius 2 is 2.62 bits per heavy atom. The van der Waals surface area contributed by atoms with E-state index in [0.29, 0.717) is 6.42 Å². The quantitative estimate of drug-likeness (QED) is 0.503. The first kappa shape index (κ1) is 5.95. The van der Waals surface area contributed by atoms with E-state index in [1.165, 1.54) is 6.20 Å². The minimum atomic E-state index is -0.158. The summed E-state index contributed by atoms with van der Waals surface area (Å²) in [6.45, 7) is 0. The minimum Gasteiger partial charge on any atom is -0.265 e. The Bertz CT molecular complexity index is 141. The number of halogens is 2. The number of allylic oxidation sites excluding steroid dienone is 1. The van der Waals surface area contributed by atoms with Crippen molar-refractivity contribution in [2.24, 2.45) is 4.99 Å². The van der Waals surface area contributed by atoms with Gasteiger partial charge in [0.15, 0.2) is 0 Å². The predicted octanol–water partition coefficient (Wildman–Crippen LogP) is 2.04. The summed E-state index contributed by atoms with van der Waals surface area (Å²) < 4.78 is 12.2. The second-order valence-corrected chi connectivity index (χ2v) is 2.77. The van der Waals surface area contributed by atoms with Gasteiger partial charge in [-0.3, -0.25) is 4.99 Å². The van der Waals surface area contributed by atoms with Crippen LogP contribution in [0.1, 0.15) is 6.42 Å². The topological polar surface area (TPSA) is 12.4 Å². The molecule has 0 spiro atoms. The van der Waals surface area contributed by atoms with Crippen LogP contribution in [0.2, 0.25) is 0 Å². The standard InChI is InChI=1S/C5H5BrFN/c6-4-1-5(7)3-8-2-4/h2-4H,1H2/t4-/m1/s1. The molecular formula is C5H5BrFN. The molecule has 44 valence electrons. The highest BCUT2D eigenvalue weighted by Crippen LogP contribution is 2.15. The number of hydrogen-bond acceptors (Lipinski definition) is 1. The third-order valence-corrected chi connectivity index (χ3v) is 1.41. The molecule has 0 fully saturated rings. The highest BCUT2D eigenvalue weighted by Gasteiger charge is 2.06. The van der Waals surface area contributed by atoms with E-state index in [0.717, 1.165) is 0 Å². The fraction of sp³-hybridized carbons (Fsp3) is 0.400. The molecule has 8 heavy (non-hydrogen) atoms. The van der Waals surface area contributed by atoms with E-state index in [4.69, 9.17) is 0 Å². The van der Waals surface area contributed by atoms with Crippen molar-refractivity contribution in [2.75, 3.05) is 0 Å². The molecule has 0 unspecified atom stereocenters. The molecule has 0 saturated carbocycles. The van der Waals surface area contributed by atoms with Crippen molar-refractivity contribution in [3.63, 3.8) is 0 Å². The Morgan fingerprint density at radius 3 is 3.00 bits per heavy atom. The average molecular weight is 178 g/mol. The lowest BCUT2D eigenvalue weighted by atomic mass is 10.3. The molecule has 0 aromatic rings. The van der Waals surface area contributed by atoms with E-state index in [1.807, 2.05) is 0 Å². The van der Waals surface area contributed by atoms with Crippen molar-refractivity contribution in [2.45, 2.75) is 11.2 Å². The molecule has 0 bridgehead atoms. The fourth-order valence-corrected chi connectivity index (χ4v) is 0.955. The third-order valence-electron chi connectivity index (χ3n) is 0.852. The van der Waals surface area contributed by atoms with Gasteiger partial charge in [0, 0.05) is 12.6 Å². The van der Waals surface area contributed by atoms with Crippen molar-refractivity contribution in [3.8, 4) is 0 Å². The van der Waals surface area contributed by atoms with Gasteiger partial charge in [0.25, 0.3) is 0 Å². The summed E-state index contributed by atoms with van der Waals surface area (Å²) in [5, 5.41) is 0. The van der Waals surface area contributed by atoms with Crippen LogP contribution in [-0.2, 0) is 0 Å². The third kappa shape index (κ3) is 1.40. The molecule has 1 nitrogen and oxygen atoms in total. The van der Waals surface area contributed by atoms with Crippen molar-refractivity contribution in [1.82, 2.24) is 0 Å². The van der Waals surface area contributed by atoms with E-state index in [-0.39, 0.29) is 10.7 Å². The zero-order valence-corrected chi connectivity index (χ0v) is 5.73. The van der Waals surface area contributed by atoms with Gasteiger partial charge < -0.3 is 0 Å². The molecule has 3 heteroatoms. The van der Waals surface area contributed by atoms with Crippen molar-refractivity contribution >= 4 is 22.1 Å². The summed E-state index contributed by atoms with van der Waals surface area (Å²) in [5.74, 6) is -0.158. The van der Waals surface area contributed by atoms with Gasteiger partial charge in [-0.1, -0.05) is 15.9 Å². The van der Waals surface area contributed by atoms with Crippen LogP contribution in [0.15, 0.2) is 17.0 Å². The summed E-state index contributed by atoms with van der Waals surface area (Å²) in [6.07, 6.45) is 3.34. The molecule has 0 saturated heterocycles. The second-order valence-electron chi connectivity index (χ2n) is 1.59. The Morgan fingerprint density at radius 1 is 1.88 bits per heavy atom. The molecule has 0 aromatic heterocycles. The summed E-state index contributed by atoms with van der Waals surface area (Å²) in [6, 6.07) is 0. The van der Waals surface area contributed by atoms with Crippen LogP contribution < -0.4 is 0 Å². The van der Waals surface area contributed by atoms with Gasteiger partial charge in [0.1, 0.15) is 5.83 Å². The lowest BCUT2D eigenvalue weighted by molar-refractivity contribution is 0.593. The second kappa shape index (κ2) is 2.40. The van der Waals surface area contributed by atoms with Gasteiger partial charge in [-0.15, -0.1) is 0 Å². The zero-order valence-electron chi connectivity index (χ0n) is 4.14. The van der Waals surface area contributed by atoms with Crippen LogP contribution in [0.25, 0.3) is 0 Å². The lowest BCUT2D eigenvalue weighted by Crippen LogP contribution is -2.01. The maximum atomic E-state index is 12.2. The predicted molar refractivity (Wildman–Crippen MR) is 35.0 cm³/mol. The number of aliphatic imine (C=N–C) groups is 1. The van der Waals surface area contributed by atoms with E-state index in [1.54, 1.807) is 6.21 Å². The maximum absolute atomic E-state index is 12.2. The van der Waals surface area contributed by atoms with E-state index < -0.39 is 0 Å².